The molecule has 1 unspecified atom stereocenters. The summed E-state index contributed by atoms with van der Waals surface area (Å²) < 4.78 is 31.7. The summed E-state index contributed by atoms with van der Waals surface area (Å²) in [6.45, 7) is 0.156. The number of thiophene rings is 1. The number of likely N-dealkylation sites (tertiary alicyclic amines) is 1. The van der Waals surface area contributed by atoms with Gasteiger partial charge in [-0.3, -0.25) is 9.59 Å². The highest BCUT2D eigenvalue weighted by Crippen LogP contribution is 2.34. The summed E-state index contributed by atoms with van der Waals surface area (Å²) in [5, 5.41) is 2.27. The predicted octanol–water partition coefficient (Wildman–Crippen LogP) is 2.98. The van der Waals surface area contributed by atoms with E-state index in [1.807, 2.05) is 17.5 Å². The standard InChI is InChI=1S/C19H21ClN2O5S2/c20-14-4-1-5-15(12-14)29(25,26)21-9-8-19(24)27-13-18(23)22-10-2-6-16(22)17-7-3-11-28-17/h1,3-5,7,11-12,16,21H,2,6,8-10,13H2. The number of nitrogens with one attached hydrogen (secondary N) is 1. The molecule has 7 nitrogen and oxygen atoms in total. The van der Waals surface area contributed by atoms with Crippen LogP contribution in [0.4, 0.5) is 0 Å². The number of esters is 1. The molecule has 29 heavy (non-hydrogen) atoms. The largest absolute Gasteiger partial charge is 0.456 e. The third-order valence-electron chi connectivity index (χ3n) is 4.53. The van der Waals surface area contributed by atoms with Crippen LogP contribution in [-0.4, -0.2) is 44.9 Å². The van der Waals surface area contributed by atoms with Gasteiger partial charge >= 0.3 is 5.97 Å². The van der Waals surface area contributed by atoms with Crippen molar-refractivity contribution in [1.29, 1.82) is 0 Å². The second kappa shape index (κ2) is 9.71. The fourth-order valence-electron chi connectivity index (χ4n) is 3.14. The number of sulfonamides is 1. The number of hydrogen-bond donors (Lipinski definition) is 1. The van der Waals surface area contributed by atoms with Crippen molar-refractivity contribution >= 4 is 44.8 Å². The molecule has 1 aliphatic rings. The third kappa shape index (κ3) is 5.79. The Balaban J connectivity index is 1.43. The van der Waals surface area contributed by atoms with E-state index in [2.05, 4.69) is 4.72 Å². The quantitative estimate of drug-likeness (QED) is 0.616. The monoisotopic (exact) mass is 456 g/mol. The summed E-state index contributed by atoms with van der Waals surface area (Å²) >= 11 is 7.40. The Morgan fingerprint density at radius 1 is 1.28 bits per heavy atom. The molecule has 0 radical (unpaired) electrons. The number of ether oxygens (including phenoxy) is 1. The van der Waals surface area contributed by atoms with Gasteiger partial charge in [0.25, 0.3) is 5.91 Å². The first kappa shape index (κ1) is 21.8. The van der Waals surface area contributed by atoms with E-state index in [0.717, 1.165) is 17.7 Å². The average Bonchev–Trinajstić information content (AvgIpc) is 3.37. The van der Waals surface area contributed by atoms with Gasteiger partial charge in [0.2, 0.25) is 10.0 Å². The lowest BCUT2D eigenvalue weighted by molar-refractivity contribution is -0.152. The Morgan fingerprint density at radius 3 is 2.83 bits per heavy atom. The van der Waals surface area contributed by atoms with E-state index in [1.54, 1.807) is 22.3 Å². The van der Waals surface area contributed by atoms with Crippen LogP contribution < -0.4 is 4.72 Å². The summed E-state index contributed by atoms with van der Waals surface area (Å²) in [6, 6.07) is 9.80. The number of hydrogen-bond acceptors (Lipinski definition) is 6. The van der Waals surface area contributed by atoms with Crippen LogP contribution >= 0.6 is 22.9 Å². The first-order chi connectivity index (χ1) is 13.9. The van der Waals surface area contributed by atoms with Crippen LogP contribution in [0.3, 0.4) is 0 Å². The van der Waals surface area contributed by atoms with Crippen molar-refractivity contribution in [2.75, 3.05) is 19.7 Å². The molecule has 3 rings (SSSR count). The minimum absolute atomic E-state index is 0.0159. The number of benzene rings is 1. The predicted molar refractivity (Wildman–Crippen MR) is 110 cm³/mol. The molecule has 1 fully saturated rings. The van der Waals surface area contributed by atoms with Crippen LogP contribution in [-0.2, 0) is 24.3 Å². The molecule has 2 aromatic rings. The molecule has 1 saturated heterocycles. The Morgan fingerprint density at radius 2 is 2.10 bits per heavy atom. The van der Waals surface area contributed by atoms with E-state index >= 15 is 0 Å². The van der Waals surface area contributed by atoms with Crippen molar-refractivity contribution in [2.24, 2.45) is 0 Å². The summed E-state index contributed by atoms with van der Waals surface area (Å²) in [4.78, 5) is 27.2. The van der Waals surface area contributed by atoms with Gasteiger partial charge in [-0.1, -0.05) is 23.7 Å². The van der Waals surface area contributed by atoms with Crippen molar-refractivity contribution in [2.45, 2.75) is 30.2 Å². The van der Waals surface area contributed by atoms with Gasteiger partial charge in [-0.15, -0.1) is 11.3 Å². The van der Waals surface area contributed by atoms with Gasteiger partial charge in [0.05, 0.1) is 17.4 Å². The van der Waals surface area contributed by atoms with Gasteiger partial charge < -0.3 is 9.64 Å². The molecule has 1 aromatic heterocycles. The zero-order valence-corrected chi connectivity index (χ0v) is 17.9. The highest BCUT2D eigenvalue weighted by Gasteiger charge is 2.31. The number of rotatable bonds is 8. The molecule has 0 spiro atoms. The van der Waals surface area contributed by atoms with Gasteiger partial charge in [0, 0.05) is 23.0 Å². The molecular formula is C19H21ClN2O5S2. The summed E-state index contributed by atoms with van der Waals surface area (Å²) in [5.41, 5.74) is 0. The van der Waals surface area contributed by atoms with Gasteiger partial charge in [0.1, 0.15) is 0 Å². The highest BCUT2D eigenvalue weighted by molar-refractivity contribution is 7.89. The van der Waals surface area contributed by atoms with Crippen LogP contribution in [0, 0.1) is 0 Å². The lowest BCUT2D eigenvalue weighted by atomic mass is 10.2. The molecular weight excluding hydrogens is 436 g/mol. The fourth-order valence-corrected chi connectivity index (χ4v) is 5.35. The first-order valence-electron chi connectivity index (χ1n) is 9.10. The van der Waals surface area contributed by atoms with Crippen molar-refractivity contribution in [1.82, 2.24) is 9.62 Å². The Labute approximate surface area is 178 Å². The highest BCUT2D eigenvalue weighted by atomic mass is 35.5. The van der Waals surface area contributed by atoms with Crippen molar-refractivity contribution < 1.29 is 22.7 Å². The molecule has 1 aliphatic heterocycles. The van der Waals surface area contributed by atoms with Crippen LogP contribution in [0.5, 0.6) is 0 Å². The summed E-state index contributed by atoms with van der Waals surface area (Å²) in [5.74, 6) is -0.882. The molecule has 156 valence electrons. The molecule has 1 aromatic carbocycles. The number of nitrogens with zero attached hydrogens (tertiary/aromatic N) is 1. The molecule has 1 amide bonds. The SMILES string of the molecule is O=C(CCNS(=O)(=O)c1cccc(Cl)c1)OCC(=O)N1CCCC1c1cccs1. The lowest BCUT2D eigenvalue weighted by Gasteiger charge is -2.23. The lowest BCUT2D eigenvalue weighted by Crippen LogP contribution is -2.34. The van der Waals surface area contributed by atoms with Gasteiger partial charge in [-0.25, -0.2) is 13.1 Å². The minimum atomic E-state index is -3.77. The van der Waals surface area contributed by atoms with E-state index in [0.29, 0.717) is 11.6 Å². The fraction of sp³-hybridized carbons (Fsp3) is 0.368. The van der Waals surface area contributed by atoms with Gasteiger partial charge in [-0.05, 0) is 42.5 Å². The maximum Gasteiger partial charge on any atom is 0.307 e. The number of carbonyl (C=O) groups is 2. The molecule has 1 N–H and O–H groups in total. The average molecular weight is 457 g/mol. The van der Waals surface area contributed by atoms with E-state index in [9.17, 15) is 18.0 Å². The van der Waals surface area contributed by atoms with E-state index in [1.165, 1.54) is 18.2 Å². The maximum absolute atomic E-state index is 12.4. The summed E-state index contributed by atoms with van der Waals surface area (Å²) in [7, 11) is -3.77. The molecule has 2 heterocycles. The zero-order valence-electron chi connectivity index (χ0n) is 15.5. The number of amides is 1. The normalized spacial score (nSPS) is 16.7. The second-order valence-electron chi connectivity index (χ2n) is 6.53. The molecule has 0 saturated carbocycles. The minimum Gasteiger partial charge on any atom is -0.456 e. The van der Waals surface area contributed by atoms with E-state index in [-0.39, 0.29) is 36.4 Å². The van der Waals surface area contributed by atoms with Crippen molar-refractivity contribution in [3.63, 3.8) is 0 Å². The van der Waals surface area contributed by atoms with Crippen molar-refractivity contribution in [3.05, 3.63) is 51.7 Å². The Hall–Kier alpha value is -1.94. The Bertz CT molecular complexity index is 963. The summed E-state index contributed by atoms with van der Waals surface area (Å²) in [6.07, 6.45) is 1.63. The molecule has 1 atom stereocenters. The van der Waals surface area contributed by atoms with E-state index < -0.39 is 16.0 Å². The van der Waals surface area contributed by atoms with Crippen molar-refractivity contribution in [3.8, 4) is 0 Å². The zero-order chi connectivity index (χ0) is 20.9. The second-order valence-corrected chi connectivity index (χ2v) is 9.71. The number of carbonyl (C=O) groups excluding carboxylic acids is 2. The van der Waals surface area contributed by atoms with Crippen LogP contribution in [0.1, 0.15) is 30.2 Å². The maximum atomic E-state index is 12.4. The Kier molecular flexibility index (Phi) is 7.28. The van der Waals surface area contributed by atoms with Crippen LogP contribution in [0.15, 0.2) is 46.7 Å². The van der Waals surface area contributed by atoms with Crippen LogP contribution in [0.25, 0.3) is 0 Å². The molecule has 0 aliphatic carbocycles. The van der Waals surface area contributed by atoms with Gasteiger partial charge in [-0.2, -0.15) is 0 Å². The molecule has 10 heteroatoms. The topological polar surface area (TPSA) is 92.8 Å². The third-order valence-corrected chi connectivity index (χ3v) is 7.20. The van der Waals surface area contributed by atoms with Gasteiger partial charge in [0.15, 0.2) is 6.61 Å². The molecule has 0 bridgehead atoms. The van der Waals surface area contributed by atoms with Crippen LogP contribution in [0.2, 0.25) is 5.02 Å². The smallest absolute Gasteiger partial charge is 0.307 e. The van der Waals surface area contributed by atoms with E-state index in [4.69, 9.17) is 16.3 Å². The number of halogens is 1. The first-order valence-corrected chi connectivity index (χ1v) is 11.8.